The van der Waals surface area contributed by atoms with Crippen molar-refractivity contribution < 1.29 is 18.7 Å². The van der Waals surface area contributed by atoms with Crippen molar-refractivity contribution in [3.8, 4) is 0 Å². The number of anilines is 1. The van der Waals surface area contributed by atoms with Crippen LogP contribution in [-0.2, 0) is 14.3 Å². The number of halogens is 2. The van der Waals surface area contributed by atoms with Crippen LogP contribution in [0.25, 0.3) is 0 Å². The van der Waals surface area contributed by atoms with Gasteiger partial charge in [0.15, 0.2) is 0 Å². The topological polar surface area (TPSA) is 58.6 Å². The van der Waals surface area contributed by atoms with Gasteiger partial charge in [0.05, 0.1) is 29.8 Å². The van der Waals surface area contributed by atoms with Gasteiger partial charge in [-0.3, -0.25) is 14.5 Å². The van der Waals surface area contributed by atoms with Crippen LogP contribution in [0.15, 0.2) is 18.2 Å². The maximum Gasteiger partial charge on any atom is 0.309 e. The van der Waals surface area contributed by atoms with Crippen molar-refractivity contribution >= 4 is 29.2 Å². The monoisotopic (exact) mass is 342 g/mol. The van der Waals surface area contributed by atoms with Gasteiger partial charge in [-0.2, -0.15) is 0 Å². The van der Waals surface area contributed by atoms with Crippen molar-refractivity contribution in [2.24, 2.45) is 5.92 Å². The van der Waals surface area contributed by atoms with Crippen LogP contribution >= 0.6 is 11.6 Å². The Kier molecular flexibility index (Phi) is 6.36. The highest BCUT2D eigenvalue weighted by atomic mass is 35.5. The minimum absolute atomic E-state index is 0.0826. The zero-order valence-corrected chi connectivity index (χ0v) is 13.7. The molecule has 1 fully saturated rings. The van der Waals surface area contributed by atoms with E-state index in [2.05, 4.69) is 5.32 Å². The molecule has 0 aromatic heterocycles. The molecule has 1 aliphatic rings. The second-order valence-electron chi connectivity index (χ2n) is 5.47. The summed E-state index contributed by atoms with van der Waals surface area (Å²) < 4.78 is 18.0. The van der Waals surface area contributed by atoms with Gasteiger partial charge in [0.25, 0.3) is 0 Å². The highest BCUT2D eigenvalue weighted by molar-refractivity contribution is 6.33. The number of hydrogen-bond acceptors (Lipinski definition) is 4. The number of hydrogen-bond donors (Lipinski definition) is 1. The Morgan fingerprint density at radius 2 is 2.09 bits per heavy atom. The molecule has 0 radical (unpaired) electrons. The van der Waals surface area contributed by atoms with Gasteiger partial charge in [0.2, 0.25) is 5.91 Å². The lowest BCUT2D eigenvalue weighted by Crippen LogP contribution is -2.41. The van der Waals surface area contributed by atoms with E-state index in [1.807, 2.05) is 4.90 Å². The second-order valence-corrected chi connectivity index (χ2v) is 5.88. The summed E-state index contributed by atoms with van der Waals surface area (Å²) in [6, 6.07) is 3.83. The lowest BCUT2D eigenvalue weighted by molar-refractivity contribution is -0.149. The fourth-order valence-electron chi connectivity index (χ4n) is 2.57. The Bertz CT molecular complexity index is 574. The third-order valence-electron chi connectivity index (χ3n) is 3.78. The van der Waals surface area contributed by atoms with Crippen molar-refractivity contribution in [1.82, 2.24) is 4.90 Å². The van der Waals surface area contributed by atoms with Gasteiger partial charge in [-0.25, -0.2) is 4.39 Å². The number of ether oxygens (including phenoxy) is 1. The molecule has 1 aromatic carbocycles. The quantitative estimate of drug-likeness (QED) is 0.836. The number of amides is 1. The Morgan fingerprint density at radius 3 is 2.70 bits per heavy atom. The van der Waals surface area contributed by atoms with Crippen molar-refractivity contribution in [2.45, 2.75) is 19.8 Å². The van der Waals surface area contributed by atoms with Gasteiger partial charge in [-0.1, -0.05) is 11.6 Å². The van der Waals surface area contributed by atoms with E-state index in [9.17, 15) is 14.0 Å². The summed E-state index contributed by atoms with van der Waals surface area (Å²) in [5.41, 5.74) is 0.388. The Balaban J connectivity index is 1.79. The van der Waals surface area contributed by atoms with Crippen molar-refractivity contribution in [3.05, 3.63) is 29.0 Å². The van der Waals surface area contributed by atoms with E-state index in [1.165, 1.54) is 12.1 Å². The molecular formula is C16H20ClFN2O3. The number of nitrogens with zero attached hydrogens (tertiary/aromatic N) is 1. The molecular weight excluding hydrogens is 323 g/mol. The van der Waals surface area contributed by atoms with Gasteiger partial charge >= 0.3 is 5.97 Å². The Hall–Kier alpha value is -1.66. The largest absolute Gasteiger partial charge is 0.466 e. The molecule has 0 saturated carbocycles. The maximum atomic E-state index is 13.0. The summed E-state index contributed by atoms with van der Waals surface area (Å²) in [4.78, 5) is 25.7. The van der Waals surface area contributed by atoms with E-state index in [0.29, 0.717) is 38.2 Å². The van der Waals surface area contributed by atoms with Gasteiger partial charge in [0, 0.05) is 0 Å². The van der Waals surface area contributed by atoms with Crippen LogP contribution < -0.4 is 5.32 Å². The average Bonchev–Trinajstić information content (AvgIpc) is 2.51. The van der Waals surface area contributed by atoms with Gasteiger partial charge < -0.3 is 10.1 Å². The van der Waals surface area contributed by atoms with Gasteiger partial charge in [-0.15, -0.1) is 0 Å². The molecule has 1 N–H and O–H groups in total. The van der Waals surface area contributed by atoms with Crippen LogP contribution in [0.4, 0.5) is 10.1 Å². The summed E-state index contributed by atoms with van der Waals surface area (Å²) in [7, 11) is 0. The smallest absolute Gasteiger partial charge is 0.309 e. The molecule has 0 atom stereocenters. The zero-order chi connectivity index (χ0) is 16.8. The molecule has 5 nitrogen and oxygen atoms in total. The molecule has 126 valence electrons. The molecule has 1 heterocycles. The van der Waals surface area contributed by atoms with E-state index in [1.54, 1.807) is 6.92 Å². The molecule has 1 amide bonds. The number of nitrogens with one attached hydrogen (secondary N) is 1. The molecule has 0 bridgehead atoms. The van der Waals surface area contributed by atoms with Crippen molar-refractivity contribution in [1.29, 1.82) is 0 Å². The first-order chi connectivity index (χ1) is 11.0. The average molecular weight is 343 g/mol. The van der Waals surface area contributed by atoms with Crippen LogP contribution in [-0.4, -0.2) is 43.0 Å². The Morgan fingerprint density at radius 1 is 1.39 bits per heavy atom. The molecule has 0 spiro atoms. The summed E-state index contributed by atoms with van der Waals surface area (Å²) in [6.07, 6.45) is 1.37. The third-order valence-corrected chi connectivity index (χ3v) is 4.09. The molecule has 1 aromatic rings. The number of carbonyl (C=O) groups is 2. The molecule has 7 heteroatoms. The van der Waals surface area contributed by atoms with E-state index in [-0.39, 0.29) is 29.4 Å². The number of likely N-dealkylation sites (tertiary alicyclic amines) is 1. The number of carbonyl (C=O) groups excluding carboxylic acids is 2. The first kappa shape index (κ1) is 17.7. The van der Waals surface area contributed by atoms with Crippen LogP contribution in [0, 0.1) is 11.7 Å². The maximum absolute atomic E-state index is 13.0. The lowest BCUT2D eigenvalue weighted by atomic mass is 9.97. The normalized spacial score (nSPS) is 16.1. The van der Waals surface area contributed by atoms with Gasteiger partial charge in [0.1, 0.15) is 5.82 Å². The van der Waals surface area contributed by atoms with Crippen LogP contribution in [0.5, 0.6) is 0 Å². The van der Waals surface area contributed by atoms with Crippen LogP contribution in [0.2, 0.25) is 5.02 Å². The van der Waals surface area contributed by atoms with Gasteiger partial charge in [-0.05, 0) is 51.1 Å². The number of esters is 1. The first-order valence-corrected chi connectivity index (χ1v) is 8.01. The van der Waals surface area contributed by atoms with Crippen molar-refractivity contribution in [2.75, 3.05) is 31.6 Å². The molecule has 1 aliphatic heterocycles. The van der Waals surface area contributed by atoms with Crippen LogP contribution in [0.1, 0.15) is 19.8 Å². The summed E-state index contributed by atoms with van der Waals surface area (Å²) in [6.45, 7) is 3.71. The minimum Gasteiger partial charge on any atom is -0.466 e. The fraction of sp³-hybridized carbons (Fsp3) is 0.500. The second kappa shape index (κ2) is 8.26. The molecule has 0 aliphatic carbocycles. The number of piperidine rings is 1. The summed E-state index contributed by atoms with van der Waals surface area (Å²) in [5, 5.41) is 2.83. The fourth-order valence-corrected chi connectivity index (χ4v) is 2.79. The number of rotatable bonds is 5. The highest BCUT2D eigenvalue weighted by Crippen LogP contribution is 2.23. The van der Waals surface area contributed by atoms with Crippen molar-refractivity contribution in [3.63, 3.8) is 0 Å². The van der Waals surface area contributed by atoms with E-state index < -0.39 is 5.82 Å². The van der Waals surface area contributed by atoms with Crippen LogP contribution in [0.3, 0.4) is 0 Å². The van der Waals surface area contributed by atoms with E-state index in [4.69, 9.17) is 16.3 Å². The zero-order valence-electron chi connectivity index (χ0n) is 13.0. The van der Waals surface area contributed by atoms with E-state index in [0.717, 1.165) is 6.07 Å². The summed E-state index contributed by atoms with van der Waals surface area (Å²) in [5.74, 6) is -0.905. The standard InChI is InChI=1S/C16H20ClFN2O3/c1-2-23-16(22)11-5-7-20(8-6-11)10-15(21)19-14-4-3-12(18)9-13(14)17/h3-4,9,11H,2,5-8,10H2,1H3,(H,19,21). The summed E-state index contributed by atoms with van der Waals surface area (Å²) >= 11 is 5.88. The molecule has 1 saturated heterocycles. The molecule has 23 heavy (non-hydrogen) atoms. The number of benzene rings is 1. The minimum atomic E-state index is -0.450. The predicted molar refractivity (Wildman–Crippen MR) is 85.8 cm³/mol. The molecule has 2 rings (SSSR count). The predicted octanol–water partition coefficient (Wildman–Crippen LogP) is 2.69. The molecule has 0 unspecified atom stereocenters. The highest BCUT2D eigenvalue weighted by Gasteiger charge is 2.26. The SMILES string of the molecule is CCOC(=O)C1CCN(CC(=O)Nc2ccc(F)cc2Cl)CC1. The Labute approximate surface area is 139 Å². The third kappa shape index (κ3) is 5.18. The lowest BCUT2D eigenvalue weighted by Gasteiger charge is -2.30. The first-order valence-electron chi connectivity index (χ1n) is 7.63. The van der Waals surface area contributed by atoms with E-state index >= 15 is 0 Å².